The van der Waals surface area contributed by atoms with E-state index in [2.05, 4.69) is 15.4 Å². The maximum Gasteiger partial charge on any atom is 0.211 e. The van der Waals surface area contributed by atoms with Crippen molar-refractivity contribution in [3.8, 4) is 0 Å². The van der Waals surface area contributed by atoms with Crippen LogP contribution in [-0.4, -0.2) is 48.4 Å². The van der Waals surface area contributed by atoms with E-state index in [1.165, 1.54) is 23.9 Å². The third-order valence-electron chi connectivity index (χ3n) is 3.96. The Bertz CT molecular complexity index is 739. The van der Waals surface area contributed by atoms with Crippen LogP contribution in [0.3, 0.4) is 0 Å². The number of nitrogens with zero attached hydrogens (tertiary/aromatic N) is 3. The van der Waals surface area contributed by atoms with Crippen LogP contribution in [-0.2, 0) is 15.1 Å². The molecule has 2 rings (SSSR count). The normalized spacial score (nSPS) is 19.0. The van der Waals surface area contributed by atoms with Gasteiger partial charge < -0.3 is 20.9 Å². The number of benzene rings is 1. The molecule has 0 radical (unpaired) electrons. The number of nitrogens with one attached hydrogen (secondary N) is 1. The Labute approximate surface area is 169 Å². The zero-order valence-corrected chi connectivity index (χ0v) is 17.6. The fourth-order valence-electron chi connectivity index (χ4n) is 2.64. The molecule has 7 nitrogen and oxygen atoms in total. The fraction of sp³-hybridized carbons (Fsp3) is 0.474. The summed E-state index contributed by atoms with van der Waals surface area (Å²) in [5, 5.41) is 8.82. The number of hydrogen-bond donors (Lipinski definition) is 2. The van der Waals surface area contributed by atoms with Crippen LogP contribution in [0.1, 0.15) is 38.7 Å². The maximum atomic E-state index is 13.9. The van der Waals surface area contributed by atoms with Crippen molar-refractivity contribution in [3.63, 3.8) is 0 Å². The molecule has 28 heavy (non-hydrogen) atoms. The highest BCUT2D eigenvalue weighted by molar-refractivity contribution is 8.13. The highest BCUT2D eigenvalue weighted by Crippen LogP contribution is 2.37. The third-order valence-corrected chi connectivity index (χ3v) is 4.76. The molecule has 1 aromatic rings. The van der Waals surface area contributed by atoms with E-state index in [9.17, 15) is 14.0 Å². The smallest absolute Gasteiger partial charge is 0.211 e. The summed E-state index contributed by atoms with van der Waals surface area (Å²) in [6, 6.07) is 4.46. The Morgan fingerprint density at radius 1 is 1.46 bits per heavy atom. The lowest BCUT2D eigenvalue weighted by molar-refractivity contribution is -0.107. The number of aldehydes is 1. The van der Waals surface area contributed by atoms with Gasteiger partial charge in [-0.2, -0.15) is 5.10 Å². The predicted molar refractivity (Wildman–Crippen MR) is 114 cm³/mol. The number of aliphatic imine (C=N–C) groups is 1. The van der Waals surface area contributed by atoms with Crippen molar-refractivity contribution in [1.82, 2.24) is 5.01 Å². The first-order valence-electron chi connectivity index (χ1n) is 8.85. The molecule has 1 atom stereocenters. The first kappa shape index (κ1) is 23.6. The molecule has 0 spiro atoms. The third kappa shape index (κ3) is 7.67. The zero-order valence-electron chi connectivity index (χ0n) is 16.7. The van der Waals surface area contributed by atoms with E-state index in [1.54, 1.807) is 11.1 Å². The van der Waals surface area contributed by atoms with Gasteiger partial charge in [0.1, 0.15) is 12.1 Å². The molecule has 1 amide bonds. The molecule has 1 aromatic carbocycles. The minimum atomic E-state index is -0.667. The summed E-state index contributed by atoms with van der Waals surface area (Å²) in [6.07, 6.45) is 3.52. The molecular weight excluding hydrogens is 381 g/mol. The lowest BCUT2D eigenvalue weighted by Gasteiger charge is -2.30. The summed E-state index contributed by atoms with van der Waals surface area (Å²) in [5.41, 5.74) is 7.05. The van der Waals surface area contributed by atoms with Gasteiger partial charge in [-0.3, -0.25) is 9.79 Å². The number of hydrogen-bond acceptors (Lipinski definition) is 7. The molecule has 0 fully saturated rings. The van der Waals surface area contributed by atoms with Crippen LogP contribution >= 0.6 is 11.8 Å². The van der Waals surface area contributed by atoms with E-state index in [0.29, 0.717) is 35.7 Å². The molecule has 154 valence electrons. The molecule has 1 heterocycles. The number of thioether (sulfide) groups is 1. The summed E-state index contributed by atoms with van der Waals surface area (Å²) in [4.78, 5) is 24.7. The first-order valence-corrected chi connectivity index (χ1v) is 9.83. The quantitative estimate of drug-likeness (QED) is 0.410. The van der Waals surface area contributed by atoms with Crippen LogP contribution < -0.4 is 11.1 Å². The van der Waals surface area contributed by atoms with Gasteiger partial charge >= 0.3 is 0 Å². The van der Waals surface area contributed by atoms with Gasteiger partial charge in [0, 0.05) is 43.2 Å². The molecule has 0 saturated carbocycles. The molecule has 9 heteroatoms. The second kappa shape index (κ2) is 11.4. The van der Waals surface area contributed by atoms with Crippen LogP contribution in [0.4, 0.5) is 10.1 Å². The Morgan fingerprint density at radius 3 is 2.75 bits per heavy atom. The van der Waals surface area contributed by atoms with Gasteiger partial charge in [0.25, 0.3) is 0 Å². The minimum Gasteiger partial charge on any atom is -0.379 e. The number of carbonyl (C=O) groups is 2. The molecule has 3 N–H and O–H groups in total. The van der Waals surface area contributed by atoms with E-state index in [-0.39, 0.29) is 5.82 Å². The predicted octanol–water partition coefficient (Wildman–Crippen LogP) is 2.96. The second-order valence-electron chi connectivity index (χ2n) is 6.67. The Balaban J connectivity index is 0.000000336. The molecular formula is C19H28FN5O2S. The van der Waals surface area contributed by atoms with E-state index in [1.807, 2.05) is 27.9 Å². The summed E-state index contributed by atoms with van der Waals surface area (Å²) in [6.45, 7) is 3.77. The van der Waals surface area contributed by atoms with Crippen molar-refractivity contribution in [2.45, 2.75) is 38.6 Å². The fourth-order valence-corrected chi connectivity index (χ4v) is 3.61. The molecule has 1 aliphatic rings. The molecule has 0 aromatic heterocycles. The van der Waals surface area contributed by atoms with Crippen LogP contribution in [0.5, 0.6) is 0 Å². The second-order valence-corrected chi connectivity index (χ2v) is 7.78. The standard InChI is InChI=1S/C12H14FN3OS.C7H14N2O/c1-12(4-5-18-11(14)16-12)9-6-8(15-7-17)2-3-10(9)13;1-7(5-4-6-10)8-9(2)3/h2-3,6-7H,4-5H2,1H3,(H2,14,16)(H,15,17);6H,4-5H2,1-3H3/b;8-7-/t12-;/m0./s1. The van der Waals surface area contributed by atoms with E-state index < -0.39 is 5.54 Å². The summed E-state index contributed by atoms with van der Waals surface area (Å²) in [7, 11) is 3.73. The molecule has 1 aliphatic heterocycles. The van der Waals surface area contributed by atoms with E-state index in [0.717, 1.165) is 24.2 Å². The summed E-state index contributed by atoms with van der Waals surface area (Å²) in [5.74, 6) is 0.466. The zero-order chi connectivity index (χ0) is 21.2. The maximum absolute atomic E-state index is 13.9. The number of halogens is 1. The molecule has 0 saturated heterocycles. The number of amidine groups is 1. The lowest BCUT2D eigenvalue weighted by Crippen LogP contribution is -2.29. The Hall–Kier alpha value is -2.42. The van der Waals surface area contributed by atoms with Gasteiger partial charge in [0.15, 0.2) is 5.17 Å². The average Bonchev–Trinajstić information content (AvgIpc) is 2.61. The van der Waals surface area contributed by atoms with Gasteiger partial charge in [-0.1, -0.05) is 11.8 Å². The SMILES string of the molecule is C/C(CCC=O)=N/N(C)C.C[C@@]1(c2cc(NC=O)ccc2F)CCSC(N)=N1. The monoisotopic (exact) mass is 409 g/mol. The Kier molecular flexibility index (Phi) is 9.64. The van der Waals surface area contributed by atoms with Crippen molar-refractivity contribution < 1.29 is 14.0 Å². The number of anilines is 1. The lowest BCUT2D eigenvalue weighted by atomic mass is 9.89. The number of hydrazone groups is 1. The first-order chi connectivity index (χ1) is 13.2. The highest BCUT2D eigenvalue weighted by atomic mass is 32.2. The topological polar surface area (TPSA) is 100 Å². The van der Waals surface area contributed by atoms with Crippen molar-refractivity contribution in [2.75, 3.05) is 25.2 Å². The average molecular weight is 410 g/mol. The minimum absolute atomic E-state index is 0.336. The van der Waals surface area contributed by atoms with Gasteiger partial charge in [-0.05, 0) is 44.9 Å². The van der Waals surface area contributed by atoms with Gasteiger partial charge in [0.2, 0.25) is 6.41 Å². The van der Waals surface area contributed by atoms with Crippen molar-refractivity contribution in [1.29, 1.82) is 0 Å². The molecule has 0 aliphatic carbocycles. The number of amides is 1. The molecule has 0 unspecified atom stereocenters. The Morgan fingerprint density at radius 2 is 2.18 bits per heavy atom. The van der Waals surface area contributed by atoms with Crippen molar-refractivity contribution in [3.05, 3.63) is 29.6 Å². The number of carbonyl (C=O) groups excluding carboxylic acids is 2. The molecule has 0 bridgehead atoms. The van der Waals surface area contributed by atoms with Gasteiger partial charge in [-0.15, -0.1) is 0 Å². The number of rotatable bonds is 7. The van der Waals surface area contributed by atoms with E-state index >= 15 is 0 Å². The van der Waals surface area contributed by atoms with Gasteiger partial charge in [0.05, 0.1) is 5.54 Å². The van der Waals surface area contributed by atoms with Crippen molar-refractivity contribution in [2.24, 2.45) is 15.8 Å². The summed E-state index contributed by atoms with van der Waals surface area (Å²) < 4.78 is 13.9. The van der Waals surface area contributed by atoms with Crippen molar-refractivity contribution >= 4 is 41.0 Å². The van der Waals surface area contributed by atoms with E-state index in [4.69, 9.17) is 5.73 Å². The van der Waals surface area contributed by atoms with Crippen LogP contribution in [0.2, 0.25) is 0 Å². The van der Waals surface area contributed by atoms with Crippen LogP contribution in [0, 0.1) is 5.82 Å². The summed E-state index contributed by atoms with van der Waals surface area (Å²) >= 11 is 1.47. The van der Waals surface area contributed by atoms with Crippen LogP contribution in [0.15, 0.2) is 28.3 Å². The number of nitrogens with two attached hydrogens (primary N) is 1. The largest absolute Gasteiger partial charge is 0.379 e. The van der Waals surface area contributed by atoms with Gasteiger partial charge in [-0.25, -0.2) is 4.39 Å². The van der Waals surface area contributed by atoms with Crippen LogP contribution in [0.25, 0.3) is 0 Å². The highest BCUT2D eigenvalue weighted by Gasteiger charge is 2.32.